The maximum Gasteiger partial charge on any atom is 0.270 e. The van der Waals surface area contributed by atoms with Crippen LogP contribution in [0.4, 0.5) is 10.8 Å². The molecule has 116 valence electrons. The smallest absolute Gasteiger partial charge is 0.258 e. The van der Waals surface area contributed by atoms with Crippen molar-refractivity contribution in [2.75, 3.05) is 5.43 Å². The second kappa shape index (κ2) is 7.65. The van der Waals surface area contributed by atoms with Crippen molar-refractivity contribution in [2.45, 2.75) is 33.1 Å². The zero-order chi connectivity index (χ0) is 15.9. The van der Waals surface area contributed by atoms with Crippen LogP contribution in [0, 0.1) is 10.1 Å². The summed E-state index contributed by atoms with van der Waals surface area (Å²) in [6.45, 7) is 4.13. The van der Waals surface area contributed by atoms with Gasteiger partial charge in [-0.3, -0.25) is 15.5 Å². The van der Waals surface area contributed by atoms with Crippen molar-refractivity contribution in [2.24, 2.45) is 5.10 Å². The van der Waals surface area contributed by atoms with E-state index in [4.69, 9.17) is 0 Å². The van der Waals surface area contributed by atoms with Gasteiger partial charge in [0.05, 0.1) is 10.6 Å². The van der Waals surface area contributed by atoms with Gasteiger partial charge in [0.15, 0.2) is 0 Å². The summed E-state index contributed by atoms with van der Waals surface area (Å²) in [5.74, 6) is 0. The number of nitro groups is 1. The van der Waals surface area contributed by atoms with Gasteiger partial charge >= 0.3 is 0 Å². The molecule has 0 saturated heterocycles. The summed E-state index contributed by atoms with van der Waals surface area (Å²) in [7, 11) is 0. The highest BCUT2D eigenvalue weighted by Gasteiger charge is 2.09. The molecule has 0 atom stereocenters. The number of nitrogens with one attached hydrogen (secondary N) is 1. The van der Waals surface area contributed by atoms with Crippen LogP contribution in [-0.4, -0.2) is 15.6 Å². The number of nitro benzene ring substituents is 1. The quantitative estimate of drug-likeness (QED) is 0.456. The molecule has 0 radical (unpaired) electrons. The second-order valence-electron chi connectivity index (χ2n) is 4.91. The Labute approximate surface area is 133 Å². The van der Waals surface area contributed by atoms with Crippen molar-refractivity contribution in [3.63, 3.8) is 0 Å². The molecule has 2 rings (SSSR count). The van der Waals surface area contributed by atoms with Crippen LogP contribution in [0.1, 0.15) is 33.1 Å². The highest BCUT2D eigenvalue weighted by Crippen LogP contribution is 2.27. The molecule has 0 aliphatic heterocycles. The van der Waals surface area contributed by atoms with E-state index in [2.05, 4.69) is 22.4 Å². The average Bonchev–Trinajstić information content (AvgIpc) is 3.00. The molecule has 22 heavy (non-hydrogen) atoms. The molecule has 0 unspecified atom stereocenters. The first kappa shape index (κ1) is 16.1. The number of benzene rings is 1. The van der Waals surface area contributed by atoms with E-state index in [-0.39, 0.29) is 5.69 Å². The monoisotopic (exact) mass is 318 g/mol. The van der Waals surface area contributed by atoms with Gasteiger partial charge in [0, 0.05) is 28.8 Å². The normalized spacial score (nSPS) is 11.5. The van der Waals surface area contributed by atoms with Crippen LogP contribution in [0.5, 0.6) is 0 Å². The zero-order valence-electron chi connectivity index (χ0n) is 12.6. The summed E-state index contributed by atoms with van der Waals surface area (Å²) in [6.07, 6.45) is 3.22. The van der Waals surface area contributed by atoms with Crippen molar-refractivity contribution < 1.29 is 4.92 Å². The van der Waals surface area contributed by atoms with Gasteiger partial charge in [0.2, 0.25) is 5.13 Å². The minimum Gasteiger partial charge on any atom is -0.258 e. The summed E-state index contributed by atoms with van der Waals surface area (Å²) in [5.41, 5.74) is 5.47. The molecular weight excluding hydrogens is 300 g/mol. The Kier molecular flexibility index (Phi) is 5.60. The third kappa shape index (κ3) is 4.36. The maximum absolute atomic E-state index is 10.8. The van der Waals surface area contributed by atoms with E-state index >= 15 is 0 Å². The highest BCUT2D eigenvalue weighted by molar-refractivity contribution is 7.14. The number of hydrazone groups is 1. The van der Waals surface area contributed by atoms with E-state index in [0.29, 0.717) is 10.8 Å². The summed E-state index contributed by atoms with van der Waals surface area (Å²) in [5, 5.41) is 17.6. The Morgan fingerprint density at radius 2 is 2.32 bits per heavy atom. The molecule has 0 fully saturated rings. The fourth-order valence-electron chi connectivity index (χ4n) is 1.87. The van der Waals surface area contributed by atoms with Crippen LogP contribution in [0.2, 0.25) is 0 Å². The number of rotatable bonds is 7. The molecule has 1 heterocycles. The number of aromatic nitrogens is 1. The molecule has 6 nitrogen and oxygen atoms in total. The van der Waals surface area contributed by atoms with Gasteiger partial charge in [0.25, 0.3) is 5.69 Å². The largest absolute Gasteiger partial charge is 0.270 e. The van der Waals surface area contributed by atoms with E-state index in [1.165, 1.54) is 23.5 Å². The Morgan fingerprint density at radius 1 is 1.50 bits per heavy atom. The maximum atomic E-state index is 10.8. The lowest BCUT2D eigenvalue weighted by Crippen LogP contribution is -1.97. The van der Waals surface area contributed by atoms with E-state index in [1.807, 2.05) is 18.4 Å². The minimum absolute atomic E-state index is 0.0634. The molecule has 0 amide bonds. The Hall–Kier alpha value is -2.28. The van der Waals surface area contributed by atoms with E-state index in [9.17, 15) is 10.1 Å². The van der Waals surface area contributed by atoms with Gasteiger partial charge in [-0.05, 0) is 19.8 Å². The van der Waals surface area contributed by atoms with Gasteiger partial charge in [-0.2, -0.15) is 5.10 Å². The fraction of sp³-hybridized carbons (Fsp3) is 0.333. The first-order valence-corrected chi connectivity index (χ1v) is 7.97. The van der Waals surface area contributed by atoms with Gasteiger partial charge in [-0.1, -0.05) is 25.5 Å². The summed E-state index contributed by atoms with van der Waals surface area (Å²) in [6, 6.07) is 6.46. The molecule has 0 saturated carbocycles. The predicted molar refractivity (Wildman–Crippen MR) is 90.5 cm³/mol. The van der Waals surface area contributed by atoms with Crippen molar-refractivity contribution in [3.8, 4) is 11.3 Å². The van der Waals surface area contributed by atoms with Crippen molar-refractivity contribution in [1.82, 2.24) is 4.98 Å². The molecule has 0 aliphatic carbocycles. The minimum atomic E-state index is -0.406. The first-order valence-electron chi connectivity index (χ1n) is 7.09. The lowest BCUT2D eigenvalue weighted by atomic mass is 10.1. The van der Waals surface area contributed by atoms with E-state index in [1.54, 1.807) is 6.07 Å². The molecule has 0 bridgehead atoms. The third-order valence-corrected chi connectivity index (χ3v) is 3.84. The van der Waals surface area contributed by atoms with Crippen LogP contribution in [-0.2, 0) is 0 Å². The summed E-state index contributed by atoms with van der Waals surface area (Å²) < 4.78 is 0. The van der Waals surface area contributed by atoms with Crippen molar-refractivity contribution in [3.05, 3.63) is 39.8 Å². The standard InChI is InChI=1S/C15H18N4O2S/c1-3-4-6-11(2)17-18-15-16-14(10-22-15)12-7-5-8-13(9-12)19(20)21/h5,7-10H,3-4,6H2,1-2H3,(H,16,18)/b17-11-. The topological polar surface area (TPSA) is 80.4 Å². The summed E-state index contributed by atoms with van der Waals surface area (Å²) >= 11 is 1.43. The zero-order valence-corrected chi connectivity index (χ0v) is 13.4. The van der Waals surface area contributed by atoms with Crippen LogP contribution >= 0.6 is 11.3 Å². The SMILES string of the molecule is CCCC/C(C)=N\Nc1nc(-c2cccc([N+](=O)[O-])c2)cs1. The molecule has 0 spiro atoms. The number of non-ortho nitro benzene ring substituents is 1. The van der Waals surface area contributed by atoms with Crippen molar-refractivity contribution in [1.29, 1.82) is 0 Å². The van der Waals surface area contributed by atoms with Gasteiger partial charge in [-0.25, -0.2) is 4.98 Å². The number of nitrogens with zero attached hydrogens (tertiary/aromatic N) is 3. The van der Waals surface area contributed by atoms with Crippen molar-refractivity contribution >= 4 is 27.9 Å². The van der Waals surface area contributed by atoms with Crippen LogP contribution in [0.15, 0.2) is 34.7 Å². The number of hydrogen-bond acceptors (Lipinski definition) is 6. The van der Waals surface area contributed by atoms with Gasteiger partial charge in [0.1, 0.15) is 0 Å². The average molecular weight is 318 g/mol. The van der Waals surface area contributed by atoms with Crippen LogP contribution in [0.3, 0.4) is 0 Å². The molecule has 1 N–H and O–H groups in total. The lowest BCUT2D eigenvalue weighted by Gasteiger charge is -1.99. The van der Waals surface area contributed by atoms with Gasteiger partial charge in [-0.15, -0.1) is 11.3 Å². The third-order valence-electron chi connectivity index (χ3n) is 3.09. The van der Waals surface area contributed by atoms with E-state index in [0.717, 1.165) is 30.5 Å². The van der Waals surface area contributed by atoms with Crippen LogP contribution in [0.25, 0.3) is 11.3 Å². The highest BCUT2D eigenvalue weighted by atomic mass is 32.1. The molecular formula is C15H18N4O2S. The number of anilines is 1. The molecule has 0 aliphatic rings. The molecule has 1 aromatic heterocycles. The first-order chi connectivity index (χ1) is 10.6. The van der Waals surface area contributed by atoms with Gasteiger partial charge < -0.3 is 0 Å². The van der Waals surface area contributed by atoms with Crippen LogP contribution < -0.4 is 5.43 Å². The molecule has 2 aromatic rings. The Bertz CT molecular complexity index is 682. The predicted octanol–water partition coefficient (Wildman–Crippen LogP) is 4.70. The van der Waals surface area contributed by atoms with E-state index < -0.39 is 4.92 Å². The number of thiazole rings is 1. The number of unbranched alkanes of at least 4 members (excludes halogenated alkanes) is 1. The second-order valence-corrected chi connectivity index (χ2v) is 5.77. The lowest BCUT2D eigenvalue weighted by molar-refractivity contribution is -0.384. The Balaban J connectivity index is 2.08. The molecule has 1 aromatic carbocycles. The fourth-order valence-corrected chi connectivity index (χ4v) is 2.53. The Morgan fingerprint density at radius 3 is 3.05 bits per heavy atom. The number of hydrogen-bond donors (Lipinski definition) is 1. The molecule has 7 heteroatoms. The summed E-state index contributed by atoms with van der Waals surface area (Å²) in [4.78, 5) is 14.8.